The van der Waals surface area contributed by atoms with Crippen LogP contribution < -0.4 is 5.32 Å². The summed E-state index contributed by atoms with van der Waals surface area (Å²) in [5, 5.41) is 39.4. The quantitative estimate of drug-likeness (QED) is 0.577. The smallest absolute Gasteiger partial charge is 0.107 e. The van der Waals surface area contributed by atoms with Crippen molar-refractivity contribution in [2.45, 2.75) is 12.5 Å². The van der Waals surface area contributed by atoms with Crippen LogP contribution in [-0.2, 0) is 0 Å². The maximum absolute atomic E-state index is 9.19. The number of nitriles is 1. The van der Waals surface area contributed by atoms with E-state index in [4.69, 9.17) is 5.26 Å². The van der Waals surface area contributed by atoms with Gasteiger partial charge in [0.1, 0.15) is 11.6 Å². The number of hydrogen-bond donors (Lipinski definition) is 4. The largest absolute Gasteiger partial charge is 0.394 e. The van der Waals surface area contributed by atoms with Gasteiger partial charge in [0.15, 0.2) is 0 Å². The van der Waals surface area contributed by atoms with Crippen LogP contribution in [-0.4, -0.2) is 40.7 Å². The maximum Gasteiger partial charge on any atom is 0.107 e. The number of nitrogens with one attached hydrogen (secondary N) is 1. The Hall–Kier alpha value is -1.61. The predicted octanol–water partition coefficient (Wildman–Crippen LogP) is -0.00570. The van der Waals surface area contributed by atoms with Gasteiger partial charge in [-0.25, -0.2) is 0 Å². The molecule has 0 spiro atoms. The van der Waals surface area contributed by atoms with Crippen LogP contribution in [0.1, 0.15) is 11.1 Å². The van der Waals surface area contributed by atoms with E-state index in [0.717, 1.165) is 5.56 Å². The van der Waals surface area contributed by atoms with E-state index in [-0.39, 0.29) is 0 Å². The van der Waals surface area contributed by atoms with Crippen molar-refractivity contribution in [3.05, 3.63) is 29.3 Å². The third-order valence-electron chi connectivity index (χ3n) is 2.60. The van der Waals surface area contributed by atoms with Crippen molar-refractivity contribution in [2.75, 3.05) is 25.1 Å². The van der Waals surface area contributed by atoms with E-state index in [1.54, 1.807) is 18.2 Å². The molecule has 0 unspecified atom stereocenters. The first-order chi connectivity index (χ1) is 8.10. The Kier molecular flexibility index (Phi) is 4.46. The molecule has 0 radical (unpaired) electrons. The summed E-state index contributed by atoms with van der Waals surface area (Å²) in [6.45, 7) is 0.568. The molecule has 0 aliphatic carbocycles. The minimum absolute atomic E-state index is 0.407. The highest BCUT2D eigenvalue weighted by molar-refractivity contribution is 5.60. The number of rotatable bonds is 5. The Morgan fingerprint density at radius 2 is 1.82 bits per heavy atom. The molecule has 4 N–H and O–H groups in total. The van der Waals surface area contributed by atoms with Crippen LogP contribution in [0.5, 0.6) is 0 Å². The van der Waals surface area contributed by atoms with Crippen molar-refractivity contribution in [2.24, 2.45) is 0 Å². The Labute approximate surface area is 99.9 Å². The van der Waals surface area contributed by atoms with Gasteiger partial charge < -0.3 is 20.6 Å². The molecule has 0 saturated carbocycles. The molecular weight excluding hydrogens is 220 g/mol. The van der Waals surface area contributed by atoms with Crippen molar-refractivity contribution in [3.8, 4) is 6.07 Å². The molecule has 1 aromatic rings. The molecule has 0 amide bonds. The number of benzene rings is 1. The molecule has 0 saturated heterocycles. The standard InChI is InChI=1S/C12H16N2O3/c1-9-2-3-11(10(4-9)5-13)14-12(6-15,7-16)8-17/h2-4,14-17H,6-8H2,1H3. The van der Waals surface area contributed by atoms with Crippen LogP contribution in [0.25, 0.3) is 0 Å². The Bertz CT molecular complexity index is 414. The Balaban J connectivity index is 3.06. The molecule has 17 heavy (non-hydrogen) atoms. The molecule has 1 aromatic carbocycles. The summed E-state index contributed by atoms with van der Waals surface area (Å²) in [6, 6.07) is 7.21. The van der Waals surface area contributed by atoms with Gasteiger partial charge in [0, 0.05) is 0 Å². The third-order valence-corrected chi connectivity index (χ3v) is 2.60. The lowest BCUT2D eigenvalue weighted by Crippen LogP contribution is -2.49. The summed E-state index contributed by atoms with van der Waals surface area (Å²) in [5.41, 5.74) is 0.607. The first kappa shape index (κ1) is 13.5. The Morgan fingerprint density at radius 3 is 2.29 bits per heavy atom. The molecule has 0 heterocycles. The average Bonchev–Trinajstić information content (AvgIpc) is 2.37. The van der Waals surface area contributed by atoms with Crippen molar-refractivity contribution >= 4 is 5.69 Å². The van der Waals surface area contributed by atoms with Crippen LogP contribution in [0.2, 0.25) is 0 Å². The molecule has 0 atom stereocenters. The van der Waals surface area contributed by atoms with E-state index >= 15 is 0 Å². The van der Waals surface area contributed by atoms with E-state index < -0.39 is 25.4 Å². The molecule has 0 aromatic heterocycles. The number of aliphatic hydroxyl groups excluding tert-OH is 3. The minimum Gasteiger partial charge on any atom is -0.394 e. The van der Waals surface area contributed by atoms with Crippen LogP contribution in [0.3, 0.4) is 0 Å². The molecule has 1 rings (SSSR count). The summed E-state index contributed by atoms with van der Waals surface area (Å²) in [5.74, 6) is 0. The SMILES string of the molecule is Cc1ccc(NC(CO)(CO)CO)c(C#N)c1. The number of anilines is 1. The topological polar surface area (TPSA) is 96.5 Å². The molecular formula is C12H16N2O3. The number of hydrogen-bond acceptors (Lipinski definition) is 5. The number of aryl methyl sites for hydroxylation is 1. The highest BCUT2D eigenvalue weighted by atomic mass is 16.3. The highest BCUT2D eigenvalue weighted by Crippen LogP contribution is 2.20. The first-order valence-electron chi connectivity index (χ1n) is 5.22. The minimum atomic E-state index is -1.22. The van der Waals surface area contributed by atoms with Gasteiger partial charge >= 0.3 is 0 Å². The predicted molar refractivity (Wildman–Crippen MR) is 63.5 cm³/mol. The normalized spacial score (nSPS) is 11.0. The second-order valence-corrected chi connectivity index (χ2v) is 4.04. The zero-order chi connectivity index (χ0) is 12.9. The average molecular weight is 236 g/mol. The van der Waals surface area contributed by atoms with Gasteiger partial charge in [0.2, 0.25) is 0 Å². The lowest BCUT2D eigenvalue weighted by Gasteiger charge is -2.30. The fourth-order valence-electron chi connectivity index (χ4n) is 1.41. The molecule has 0 fully saturated rings. The lowest BCUT2D eigenvalue weighted by molar-refractivity contribution is 0.0833. The monoisotopic (exact) mass is 236 g/mol. The van der Waals surface area contributed by atoms with Gasteiger partial charge in [0.25, 0.3) is 0 Å². The second kappa shape index (κ2) is 5.64. The van der Waals surface area contributed by atoms with Gasteiger partial charge in [-0.1, -0.05) is 6.07 Å². The van der Waals surface area contributed by atoms with Gasteiger partial charge in [-0.15, -0.1) is 0 Å². The van der Waals surface area contributed by atoms with Crippen molar-refractivity contribution in [1.29, 1.82) is 5.26 Å². The fourth-order valence-corrected chi connectivity index (χ4v) is 1.41. The van der Waals surface area contributed by atoms with Gasteiger partial charge in [-0.05, 0) is 24.6 Å². The summed E-state index contributed by atoms with van der Waals surface area (Å²) < 4.78 is 0. The fraction of sp³-hybridized carbons (Fsp3) is 0.417. The van der Waals surface area contributed by atoms with E-state index in [2.05, 4.69) is 5.32 Å². The zero-order valence-electron chi connectivity index (χ0n) is 9.64. The van der Waals surface area contributed by atoms with Crippen LogP contribution in [0.15, 0.2) is 18.2 Å². The third kappa shape index (κ3) is 2.94. The lowest BCUT2D eigenvalue weighted by atomic mass is 10.0. The van der Waals surface area contributed by atoms with Gasteiger partial charge in [0.05, 0.1) is 31.1 Å². The molecule has 0 aliphatic rings. The summed E-state index contributed by atoms with van der Waals surface area (Å²) in [7, 11) is 0. The van der Waals surface area contributed by atoms with E-state index in [1.165, 1.54) is 0 Å². The van der Waals surface area contributed by atoms with Gasteiger partial charge in [-0.2, -0.15) is 5.26 Å². The van der Waals surface area contributed by atoms with Crippen LogP contribution in [0.4, 0.5) is 5.69 Å². The van der Waals surface area contributed by atoms with Crippen LogP contribution >= 0.6 is 0 Å². The Morgan fingerprint density at radius 1 is 1.24 bits per heavy atom. The first-order valence-corrected chi connectivity index (χ1v) is 5.22. The molecule has 5 heteroatoms. The molecule has 92 valence electrons. The van der Waals surface area contributed by atoms with Crippen molar-refractivity contribution < 1.29 is 15.3 Å². The van der Waals surface area contributed by atoms with Crippen molar-refractivity contribution in [3.63, 3.8) is 0 Å². The molecule has 0 bridgehead atoms. The molecule has 5 nitrogen and oxygen atoms in total. The maximum atomic E-state index is 9.19. The van der Waals surface area contributed by atoms with Gasteiger partial charge in [-0.3, -0.25) is 0 Å². The summed E-state index contributed by atoms with van der Waals surface area (Å²) in [4.78, 5) is 0. The highest BCUT2D eigenvalue weighted by Gasteiger charge is 2.28. The number of aliphatic hydroxyl groups is 3. The summed E-state index contributed by atoms with van der Waals surface area (Å²) >= 11 is 0. The van der Waals surface area contributed by atoms with Crippen LogP contribution in [0, 0.1) is 18.3 Å². The summed E-state index contributed by atoms with van der Waals surface area (Å²) in [6.07, 6.45) is 0. The zero-order valence-corrected chi connectivity index (χ0v) is 9.64. The van der Waals surface area contributed by atoms with E-state index in [0.29, 0.717) is 11.3 Å². The number of nitrogens with zero attached hydrogens (tertiary/aromatic N) is 1. The van der Waals surface area contributed by atoms with E-state index in [1.807, 2.05) is 13.0 Å². The molecule has 0 aliphatic heterocycles. The van der Waals surface area contributed by atoms with Crippen molar-refractivity contribution in [1.82, 2.24) is 0 Å². The van der Waals surface area contributed by atoms with E-state index in [9.17, 15) is 15.3 Å². The second-order valence-electron chi connectivity index (χ2n) is 4.04.